The summed E-state index contributed by atoms with van der Waals surface area (Å²) in [6.45, 7) is 8.20. The van der Waals surface area contributed by atoms with Crippen LogP contribution < -0.4 is 5.32 Å². The molecule has 0 atom stereocenters. The highest BCUT2D eigenvalue weighted by atomic mass is 19.1. The molecule has 3 rings (SSSR count). The number of hydrogen-bond acceptors (Lipinski definition) is 3. The summed E-state index contributed by atoms with van der Waals surface area (Å²) in [6, 6.07) is 11.5. The molecule has 1 saturated heterocycles. The zero-order chi connectivity index (χ0) is 22.4. The van der Waals surface area contributed by atoms with E-state index in [2.05, 4.69) is 48.3 Å². The Bertz CT molecular complexity index is 908. The minimum Gasteiger partial charge on any atom is -0.351 e. The van der Waals surface area contributed by atoms with Crippen LogP contribution in [0.1, 0.15) is 47.7 Å². The van der Waals surface area contributed by atoms with Crippen LogP contribution in [0.3, 0.4) is 0 Å². The van der Waals surface area contributed by atoms with Crippen LogP contribution >= 0.6 is 0 Å². The van der Waals surface area contributed by atoms with Crippen molar-refractivity contribution in [3.8, 4) is 0 Å². The Balaban J connectivity index is 1.39. The lowest BCUT2D eigenvalue weighted by Crippen LogP contribution is -2.48. The quantitative estimate of drug-likeness (QED) is 0.732. The van der Waals surface area contributed by atoms with Gasteiger partial charge in [0.2, 0.25) is 5.91 Å². The Morgan fingerprint density at radius 2 is 1.68 bits per heavy atom. The van der Waals surface area contributed by atoms with Gasteiger partial charge >= 0.3 is 0 Å². The van der Waals surface area contributed by atoms with Gasteiger partial charge in [0, 0.05) is 51.8 Å². The van der Waals surface area contributed by atoms with E-state index in [9.17, 15) is 18.4 Å². The molecule has 0 bridgehead atoms. The number of nitrogens with one attached hydrogen (secondary N) is 1. The van der Waals surface area contributed by atoms with Gasteiger partial charge in [-0.1, -0.05) is 38.1 Å². The number of carbonyl (C=O) groups excluding carboxylic acids is 2. The van der Waals surface area contributed by atoms with Gasteiger partial charge in [-0.25, -0.2) is 8.78 Å². The van der Waals surface area contributed by atoms with Gasteiger partial charge in [0.05, 0.1) is 5.56 Å². The summed E-state index contributed by atoms with van der Waals surface area (Å²) in [5.74, 6) is -1.84. The molecule has 1 fully saturated rings. The average molecular weight is 430 g/mol. The molecule has 2 amide bonds. The molecule has 0 unspecified atom stereocenters. The summed E-state index contributed by atoms with van der Waals surface area (Å²) in [7, 11) is 0. The van der Waals surface area contributed by atoms with Gasteiger partial charge in [0.15, 0.2) is 0 Å². The summed E-state index contributed by atoms with van der Waals surface area (Å²) in [6.07, 6.45) is 0.144. The van der Waals surface area contributed by atoms with E-state index in [1.807, 2.05) is 0 Å². The molecule has 1 aliphatic heterocycles. The first-order valence-corrected chi connectivity index (χ1v) is 10.7. The molecule has 1 aliphatic rings. The number of benzene rings is 2. The largest absolute Gasteiger partial charge is 0.351 e. The Labute approximate surface area is 182 Å². The zero-order valence-corrected chi connectivity index (χ0v) is 18.0. The van der Waals surface area contributed by atoms with E-state index in [1.165, 1.54) is 11.1 Å². The van der Waals surface area contributed by atoms with Crippen LogP contribution in [0.15, 0.2) is 42.5 Å². The van der Waals surface area contributed by atoms with Gasteiger partial charge in [-0.15, -0.1) is 0 Å². The van der Waals surface area contributed by atoms with E-state index in [0.717, 1.165) is 31.8 Å². The highest BCUT2D eigenvalue weighted by Gasteiger charge is 2.21. The third kappa shape index (κ3) is 6.34. The molecule has 7 heteroatoms. The van der Waals surface area contributed by atoms with Gasteiger partial charge in [-0.3, -0.25) is 14.5 Å². The zero-order valence-electron chi connectivity index (χ0n) is 18.0. The van der Waals surface area contributed by atoms with Crippen LogP contribution in [0.4, 0.5) is 8.78 Å². The van der Waals surface area contributed by atoms with Crippen molar-refractivity contribution in [2.45, 2.75) is 32.7 Å². The number of nitrogens with zero attached hydrogens (tertiary/aromatic N) is 2. The first-order chi connectivity index (χ1) is 14.8. The Hall–Kier alpha value is -2.80. The second-order valence-corrected chi connectivity index (χ2v) is 8.18. The molecular formula is C24H29F2N3O2. The molecule has 5 nitrogen and oxygen atoms in total. The molecule has 31 heavy (non-hydrogen) atoms. The molecule has 0 aliphatic carbocycles. The summed E-state index contributed by atoms with van der Waals surface area (Å²) in [5, 5.41) is 2.52. The lowest BCUT2D eigenvalue weighted by molar-refractivity contribution is -0.132. The highest BCUT2D eigenvalue weighted by Crippen LogP contribution is 2.16. The molecule has 2 aromatic rings. The van der Waals surface area contributed by atoms with Crippen LogP contribution in [0.5, 0.6) is 0 Å². The van der Waals surface area contributed by atoms with Crippen LogP contribution in [0.25, 0.3) is 0 Å². The van der Waals surface area contributed by atoms with Crippen molar-refractivity contribution < 1.29 is 18.4 Å². The monoisotopic (exact) mass is 429 g/mol. The van der Waals surface area contributed by atoms with E-state index in [0.29, 0.717) is 25.1 Å². The molecular weight excluding hydrogens is 400 g/mol. The smallest absolute Gasteiger partial charge is 0.254 e. The number of rotatable bonds is 7. The second kappa shape index (κ2) is 10.5. The topological polar surface area (TPSA) is 52.6 Å². The van der Waals surface area contributed by atoms with Crippen molar-refractivity contribution in [1.29, 1.82) is 0 Å². The number of hydrogen-bond donors (Lipinski definition) is 1. The van der Waals surface area contributed by atoms with Crippen LogP contribution in [0, 0.1) is 11.6 Å². The van der Waals surface area contributed by atoms with E-state index in [1.54, 1.807) is 4.90 Å². The molecule has 0 aromatic heterocycles. The van der Waals surface area contributed by atoms with Gasteiger partial charge < -0.3 is 10.2 Å². The van der Waals surface area contributed by atoms with E-state index < -0.39 is 17.5 Å². The maximum Gasteiger partial charge on any atom is 0.254 e. The molecule has 166 valence electrons. The fourth-order valence-electron chi connectivity index (χ4n) is 3.63. The van der Waals surface area contributed by atoms with Crippen molar-refractivity contribution in [3.05, 3.63) is 70.8 Å². The predicted molar refractivity (Wildman–Crippen MR) is 116 cm³/mol. The third-order valence-corrected chi connectivity index (χ3v) is 5.58. The minimum atomic E-state index is -0.918. The van der Waals surface area contributed by atoms with Gasteiger partial charge in [0.1, 0.15) is 11.6 Å². The van der Waals surface area contributed by atoms with Crippen molar-refractivity contribution in [3.63, 3.8) is 0 Å². The lowest BCUT2D eigenvalue weighted by atomic mass is 10.0. The predicted octanol–water partition coefficient (Wildman–Crippen LogP) is 3.55. The second-order valence-electron chi connectivity index (χ2n) is 8.18. The maximum atomic E-state index is 13.6. The van der Waals surface area contributed by atoms with Gasteiger partial charge in [0.25, 0.3) is 5.91 Å². The first-order valence-electron chi connectivity index (χ1n) is 10.7. The molecule has 0 saturated carbocycles. The molecule has 0 spiro atoms. The van der Waals surface area contributed by atoms with E-state index in [-0.39, 0.29) is 24.4 Å². The van der Waals surface area contributed by atoms with Crippen LogP contribution in [-0.4, -0.2) is 54.3 Å². The Morgan fingerprint density at radius 3 is 2.29 bits per heavy atom. The van der Waals surface area contributed by atoms with Crippen LogP contribution in [-0.2, 0) is 11.3 Å². The Kier molecular flexibility index (Phi) is 7.74. The summed E-state index contributed by atoms with van der Waals surface area (Å²) < 4.78 is 26.6. The fraction of sp³-hybridized carbons (Fsp3) is 0.417. The average Bonchev–Trinajstić information content (AvgIpc) is 2.74. The van der Waals surface area contributed by atoms with Crippen molar-refractivity contribution in [2.75, 3.05) is 32.7 Å². The van der Waals surface area contributed by atoms with Gasteiger partial charge in [-0.2, -0.15) is 0 Å². The number of halogens is 2. The molecule has 1 N–H and O–H groups in total. The standard InChI is InChI=1S/C24H29F2N3O2/c1-17(2)19-5-3-18(4-6-19)16-28-11-13-29(14-12-28)23(30)9-10-27-24(31)21-8-7-20(25)15-22(21)26/h3-8,15,17H,9-14,16H2,1-2H3,(H,27,31). The molecule has 2 aromatic carbocycles. The van der Waals surface area contributed by atoms with E-state index >= 15 is 0 Å². The van der Waals surface area contributed by atoms with Gasteiger partial charge in [-0.05, 0) is 29.2 Å². The van der Waals surface area contributed by atoms with Crippen molar-refractivity contribution in [1.82, 2.24) is 15.1 Å². The van der Waals surface area contributed by atoms with Crippen molar-refractivity contribution >= 4 is 11.8 Å². The molecule has 0 radical (unpaired) electrons. The fourth-order valence-corrected chi connectivity index (χ4v) is 3.63. The lowest BCUT2D eigenvalue weighted by Gasteiger charge is -2.35. The number of carbonyl (C=O) groups is 2. The number of amides is 2. The third-order valence-electron chi connectivity index (χ3n) is 5.58. The minimum absolute atomic E-state index is 0.0409. The van der Waals surface area contributed by atoms with Crippen molar-refractivity contribution in [2.24, 2.45) is 0 Å². The Morgan fingerprint density at radius 1 is 1.00 bits per heavy atom. The SMILES string of the molecule is CC(C)c1ccc(CN2CCN(C(=O)CCNC(=O)c3ccc(F)cc3F)CC2)cc1. The molecule has 1 heterocycles. The summed E-state index contributed by atoms with van der Waals surface area (Å²) >= 11 is 0. The highest BCUT2D eigenvalue weighted by molar-refractivity contribution is 5.94. The van der Waals surface area contributed by atoms with E-state index in [4.69, 9.17) is 0 Å². The number of piperazine rings is 1. The summed E-state index contributed by atoms with van der Waals surface area (Å²) in [4.78, 5) is 28.6. The first kappa shape index (κ1) is 22.9. The maximum absolute atomic E-state index is 13.6. The van der Waals surface area contributed by atoms with Crippen LogP contribution in [0.2, 0.25) is 0 Å². The summed E-state index contributed by atoms with van der Waals surface area (Å²) in [5.41, 5.74) is 2.36. The normalized spacial score (nSPS) is 14.7.